The fraction of sp³-hybridized carbons (Fsp3) is 0.636. The summed E-state index contributed by atoms with van der Waals surface area (Å²) in [7, 11) is 1.34. The Morgan fingerprint density at radius 3 is 2.81 bits per heavy atom. The number of ether oxygens (including phenoxy) is 1. The molecule has 0 spiro atoms. The monoisotopic (exact) mass is 226 g/mol. The van der Waals surface area contributed by atoms with E-state index in [4.69, 9.17) is 0 Å². The molecule has 0 saturated heterocycles. The van der Waals surface area contributed by atoms with Gasteiger partial charge in [0.1, 0.15) is 0 Å². The molecule has 90 valence electrons. The normalized spacial score (nSPS) is 12.8. The predicted molar refractivity (Wildman–Crippen MR) is 58.8 cm³/mol. The highest BCUT2D eigenvalue weighted by molar-refractivity contribution is 5.69. The van der Waals surface area contributed by atoms with Crippen LogP contribution in [0.25, 0.3) is 0 Å². The molecule has 1 N–H and O–H groups in total. The van der Waals surface area contributed by atoms with Crippen molar-refractivity contribution in [3.05, 3.63) is 18.0 Å². The minimum atomic E-state index is -0.661. The summed E-state index contributed by atoms with van der Waals surface area (Å²) in [4.78, 5) is 10.9. The molecule has 0 aliphatic heterocycles. The van der Waals surface area contributed by atoms with E-state index in [1.165, 1.54) is 7.11 Å². The van der Waals surface area contributed by atoms with E-state index in [1.807, 2.05) is 13.8 Å². The van der Waals surface area contributed by atoms with Crippen molar-refractivity contribution in [1.82, 2.24) is 9.78 Å². The van der Waals surface area contributed by atoms with Gasteiger partial charge in [-0.3, -0.25) is 9.48 Å². The molecule has 16 heavy (non-hydrogen) atoms. The molecule has 5 heteroatoms. The topological polar surface area (TPSA) is 64.3 Å². The molecule has 1 atom stereocenters. The Balaban J connectivity index is 2.52. The van der Waals surface area contributed by atoms with E-state index in [0.717, 1.165) is 5.56 Å². The fourth-order valence-electron chi connectivity index (χ4n) is 1.33. The zero-order valence-corrected chi connectivity index (χ0v) is 9.88. The zero-order chi connectivity index (χ0) is 12.1. The van der Waals surface area contributed by atoms with E-state index < -0.39 is 6.10 Å². The first-order chi connectivity index (χ1) is 7.54. The molecule has 0 radical (unpaired) electrons. The summed E-state index contributed by atoms with van der Waals surface area (Å²) < 4.78 is 6.28. The molecule has 0 bridgehead atoms. The van der Waals surface area contributed by atoms with Crippen molar-refractivity contribution in [3.8, 4) is 0 Å². The maximum absolute atomic E-state index is 10.9. The lowest BCUT2D eigenvalue weighted by Crippen LogP contribution is -2.04. The molecule has 0 aromatic carbocycles. The van der Waals surface area contributed by atoms with Crippen molar-refractivity contribution in [2.24, 2.45) is 0 Å². The third-order valence-corrected chi connectivity index (χ3v) is 2.38. The van der Waals surface area contributed by atoms with Crippen LogP contribution in [-0.2, 0) is 9.53 Å². The SMILES string of the molecule is COC(=O)CCC(O)c1cnn(C(C)C)c1. The second kappa shape index (κ2) is 5.65. The number of carbonyl (C=O) groups excluding carboxylic acids is 1. The molecule has 0 aliphatic carbocycles. The van der Waals surface area contributed by atoms with Crippen LogP contribution in [0.15, 0.2) is 12.4 Å². The van der Waals surface area contributed by atoms with E-state index >= 15 is 0 Å². The smallest absolute Gasteiger partial charge is 0.305 e. The number of aliphatic hydroxyl groups is 1. The summed E-state index contributed by atoms with van der Waals surface area (Å²) in [5, 5.41) is 13.9. The first-order valence-corrected chi connectivity index (χ1v) is 5.33. The highest BCUT2D eigenvalue weighted by Crippen LogP contribution is 2.18. The molecule has 5 nitrogen and oxygen atoms in total. The summed E-state index contributed by atoms with van der Waals surface area (Å²) in [5.74, 6) is -0.310. The van der Waals surface area contributed by atoms with Gasteiger partial charge in [0.05, 0.1) is 19.4 Å². The van der Waals surface area contributed by atoms with Crippen molar-refractivity contribution >= 4 is 5.97 Å². The lowest BCUT2D eigenvalue weighted by Gasteiger charge is -2.07. The molecular formula is C11H18N2O3. The van der Waals surface area contributed by atoms with Gasteiger partial charge >= 0.3 is 5.97 Å². The molecule has 0 aliphatic rings. The molecule has 0 saturated carbocycles. The second-order valence-corrected chi connectivity index (χ2v) is 3.98. The van der Waals surface area contributed by atoms with Crippen molar-refractivity contribution in [3.63, 3.8) is 0 Å². The highest BCUT2D eigenvalue weighted by atomic mass is 16.5. The van der Waals surface area contributed by atoms with Gasteiger partial charge in [-0.25, -0.2) is 0 Å². The van der Waals surface area contributed by atoms with Gasteiger partial charge in [0, 0.05) is 24.2 Å². The Morgan fingerprint density at radius 2 is 2.31 bits per heavy atom. The van der Waals surface area contributed by atoms with Gasteiger partial charge in [-0.2, -0.15) is 5.10 Å². The van der Waals surface area contributed by atoms with Gasteiger partial charge in [-0.15, -0.1) is 0 Å². The van der Waals surface area contributed by atoms with E-state index in [2.05, 4.69) is 9.84 Å². The van der Waals surface area contributed by atoms with E-state index in [9.17, 15) is 9.90 Å². The molecule has 0 amide bonds. The Hall–Kier alpha value is -1.36. The zero-order valence-electron chi connectivity index (χ0n) is 9.88. The summed E-state index contributed by atoms with van der Waals surface area (Å²) in [5.41, 5.74) is 0.734. The lowest BCUT2D eigenvalue weighted by atomic mass is 10.1. The Bertz CT molecular complexity index is 347. The van der Waals surface area contributed by atoms with Crippen molar-refractivity contribution in [2.45, 2.75) is 38.8 Å². The summed E-state index contributed by atoms with van der Waals surface area (Å²) >= 11 is 0. The van der Waals surface area contributed by atoms with E-state index in [1.54, 1.807) is 17.1 Å². The number of carbonyl (C=O) groups is 1. The van der Waals surface area contributed by atoms with E-state index in [0.29, 0.717) is 6.42 Å². The molecule has 1 aromatic heterocycles. The number of esters is 1. The minimum absolute atomic E-state index is 0.213. The van der Waals surface area contributed by atoms with Gasteiger partial charge in [-0.1, -0.05) is 0 Å². The van der Waals surface area contributed by atoms with Crippen LogP contribution in [0.2, 0.25) is 0 Å². The Labute approximate surface area is 95.0 Å². The number of methoxy groups -OCH3 is 1. The average Bonchev–Trinajstić information content (AvgIpc) is 2.74. The van der Waals surface area contributed by atoms with Gasteiger partial charge in [0.15, 0.2) is 0 Å². The maximum atomic E-state index is 10.9. The third-order valence-electron chi connectivity index (χ3n) is 2.38. The van der Waals surface area contributed by atoms with Crippen LogP contribution in [-0.4, -0.2) is 28.0 Å². The number of hydrogen-bond donors (Lipinski definition) is 1. The number of aliphatic hydroxyl groups excluding tert-OH is 1. The van der Waals surface area contributed by atoms with E-state index in [-0.39, 0.29) is 18.4 Å². The number of nitrogens with zero attached hydrogens (tertiary/aromatic N) is 2. The maximum Gasteiger partial charge on any atom is 0.305 e. The predicted octanol–water partition coefficient (Wildman–Crippen LogP) is 1.45. The highest BCUT2D eigenvalue weighted by Gasteiger charge is 2.13. The summed E-state index contributed by atoms with van der Waals surface area (Å²) in [6.07, 6.45) is 3.34. The Morgan fingerprint density at radius 1 is 1.62 bits per heavy atom. The van der Waals surface area contributed by atoms with Crippen LogP contribution in [0.1, 0.15) is 44.4 Å². The fourth-order valence-corrected chi connectivity index (χ4v) is 1.33. The van der Waals surface area contributed by atoms with Gasteiger partial charge < -0.3 is 9.84 Å². The van der Waals surface area contributed by atoms with Gasteiger partial charge in [0.2, 0.25) is 0 Å². The number of hydrogen-bond acceptors (Lipinski definition) is 4. The average molecular weight is 226 g/mol. The lowest BCUT2D eigenvalue weighted by molar-refractivity contribution is -0.141. The molecular weight excluding hydrogens is 208 g/mol. The van der Waals surface area contributed by atoms with Crippen molar-refractivity contribution in [2.75, 3.05) is 7.11 Å². The molecule has 1 rings (SSSR count). The van der Waals surface area contributed by atoms with Gasteiger partial charge in [-0.05, 0) is 20.3 Å². The van der Waals surface area contributed by atoms with Crippen LogP contribution in [0.4, 0.5) is 0 Å². The molecule has 1 heterocycles. The van der Waals surface area contributed by atoms with Crippen LogP contribution in [0.3, 0.4) is 0 Å². The summed E-state index contributed by atoms with van der Waals surface area (Å²) in [6.45, 7) is 4.02. The van der Waals surface area contributed by atoms with Crippen LogP contribution in [0.5, 0.6) is 0 Å². The molecule has 1 unspecified atom stereocenters. The second-order valence-electron chi connectivity index (χ2n) is 3.98. The van der Waals surface area contributed by atoms with Crippen LogP contribution in [0, 0.1) is 0 Å². The third kappa shape index (κ3) is 3.34. The van der Waals surface area contributed by atoms with Crippen molar-refractivity contribution < 1.29 is 14.6 Å². The quantitative estimate of drug-likeness (QED) is 0.772. The standard InChI is InChI=1S/C11H18N2O3/c1-8(2)13-7-9(6-12-13)10(14)4-5-11(15)16-3/h6-8,10,14H,4-5H2,1-3H3. The molecule has 0 fully saturated rings. The Kier molecular flexibility index (Phi) is 4.49. The van der Waals surface area contributed by atoms with Gasteiger partial charge in [0.25, 0.3) is 0 Å². The first-order valence-electron chi connectivity index (χ1n) is 5.33. The van der Waals surface area contributed by atoms with Crippen LogP contribution < -0.4 is 0 Å². The first kappa shape index (κ1) is 12.7. The number of rotatable bonds is 5. The minimum Gasteiger partial charge on any atom is -0.469 e. The molecule has 1 aromatic rings. The van der Waals surface area contributed by atoms with Crippen LogP contribution >= 0.6 is 0 Å². The largest absolute Gasteiger partial charge is 0.469 e. The number of aromatic nitrogens is 2. The summed E-state index contributed by atoms with van der Waals surface area (Å²) in [6, 6.07) is 0.265. The van der Waals surface area contributed by atoms with Crippen molar-refractivity contribution in [1.29, 1.82) is 0 Å².